The highest BCUT2D eigenvalue weighted by Gasteiger charge is 2.12. The third-order valence-corrected chi connectivity index (χ3v) is 6.62. The number of hydrogen-bond donors (Lipinski definition) is 2. The number of rotatable bonds is 8. The van der Waals surface area contributed by atoms with E-state index in [0.29, 0.717) is 0 Å². The van der Waals surface area contributed by atoms with Crippen LogP contribution in [0.15, 0.2) is 152 Å². The Labute approximate surface area is 229 Å². The van der Waals surface area contributed by atoms with E-state index in [2.05, 4.69) is 30.9 Å². The van der Waals surface area contributed by atoms with E-state index in [0.717, 1.165) is 51.1 Å². The van der Waals surface area contributed by atoms with E-state index in [9.17, 15) is 10.2 Å². The first kappa shape index (κ1) is 25.5. The van der Waals surface area contributed by atoms with Crippen molar-refractivity contribution in [3.05, 3.63) is 164 Å². The number of aromatic nitrogens is 1. The summed E-state index contributed by atoms with van der Waals surface area (Å²) in [5.41, 5.74) is 7.80. The molecule has 39 heavy (non-hydrogen) atoms. The van der Waals surface area contributed by atoms with Crippen LogP contribution in [-0.2, 0) is 6.42 Å². The average molecular weight is 509 g/mol. The molecule has 1 aromatic heterocycles. The molecule has 0 aliphatic rings. The van der Waals surface area contributed by atoms with Crippen molar-refractivity contribution < 1.29 is 14.8 Å². The molecule has 0 bridgehead atoms. The lowest BCUT2D eigenvalue weighted by molar-refractivity contribution is -0.595. The molecule has 4 aromatic carbocycles. The van der Waals surface area contributed by atoms with Gasteiger partial charge in [-0.15, -0.1) is 0 Å². The highest BCUT2D eigenvalue weighted by molar-refractivity contribution is 5.75. The van der Waals surface area contributed by atoms with Crippen molar-refractivity contribution >= 4 is 5.57 Å². The fourth-order valence-electron chi connectivity index (χ4n) is 4.58. The summed E-state index contributed by atoms with van der Waals surface area (Å²) in [6, 6.07) is 35.3. The van der Waals surface area contributed by atoms with Gasteiger partial charge < -0.3 is 10.2 Å². The van der Waals surface area contributed by atoms with E-state index < -0.39 is 0 Å². The van der Waals surface area contributed by atoms with Crippen molar-refractivity contribution in [2.75, 3.05) is 0 Å². The minimum absolute atomic E-state index is 0.257. The van der Waals surface area contributed by atoms with Crippen molar-refractivity contribution in [1.29, 1.82) is 0 Å². The van der Waals surface area contributed by atoms with Crippen LogP contribution < -0.4 is 4.57 Å². The van der Waals surface area contributed by atoms with E-state index in [1.807, 2.05) is 108 Å². The maximum Gasteiger partial charge on any atom is 0.211 e. The second-order valence-corrected chi connectivity index (χ2v) is 9.24. The highest BCUT2D eigenvalue weighted by Crippen LogP contribution is 2.31. The molecule has 0 radical (unpaired) electrons. The van der Waals surface area contributed by atoms with Crippen molar-refractivity contribution in [2.24, 2.45) is 0 Å². The molecule has 0 aliphatic carbocycles. The molecule has 2 N–H and O–H groups in total. The van der Waals surface area contributed by atoms with Crippen LogP contribution in [0.5, 0.6) is 11.5 Å². The summed E-state index contributed by atoms with van der Waals surface area (Å²) < 4.78 is 2.03. The van der Waals surface area contributed by atoms with Gasteiger partial charge in [-0.05, 0) is 52.4 Å². The van der Waals surface area contributed by atoms with Crippen LogP contribution in [-0.4, -0.2) is 10.2 Å². The molecule has 5 aromatic rings. The highest BCUT2D eigenvalue weighted by atomic mass is 16.3. The van der Waals surface area contributed by atoms with Gasteiger partial charge in [-0.25, -0.2) is 0 Å². The third kappa shape index (κ3) is 6.06. The molecule has 0 saturated heterocycles. The molecular weight excluding hydrogens is 478 g/mol. The Bertz CT molecular complexity index is 1630. The van der Waals surface area contributed by atoms with E-state index in [-0.39, 0.29) is 11.5 Å². The van der Waals surface area contributed by atoms with Gasteiger partial charge >= 0.3 is 0 Å². The van der Waals surface area contributed by atoms with E-state index >= 15 is 0 Å². The minimum atomic E-state index is 0.257. The molecule has 3 nitrogen and oxygen atoms in total. The fourth-order valence-corrected chi connectivity index (χ4v) is 4.58. The number of pyridine rings is 1. The summed E-state index contributed by atoms with van der Waals surface area (Å²) >= 11 is 0. The smallest absolute Gasteiger partial charge is 0.211 e. The number of allylic oxidation sites excluding steroid dienone is 5. The van der Waals surface area contributed by atoms with Gasteiger partial charge in [0.15, 0.2) is 12.4 Å². The largest absolute Gasteiger partial charge is 0.507 e. The van der Waals surface area contributed by atoms with Gasteiger partial charge in [0.1, 0.15) is 11.5 Å². The Balaban J connectivity index is 1.34. The maximum absolute atomic E-state index is 10.4. The molecule has 5 rings (SSSR count). The van der Waals surface area contributed by atoms with Crippen molar-refractivity contribution in [1.82, 2.24) is 0 Å². The van der Waals surface area contributed by atoms with E-state index in [4.69, 9.17) is 0 Å². The number of hydrogen-bond acceptors (Lipinski definition) is 2. The topological polar surface area (TPSA) is 44.3 Å². The molecule has 0 saturated carbocycles. The summed E-state index contributed by atoms with van der Waals surface area (Å²) in [5, 5.41) is 20.8. The molecule has 0 atom stereocenters. The standard InChI is InChI=1S/C36H29NO2/c1-2-10-28(16-9-11-27-17-19-35(38)33(25-27)30-12-5-3-6-13-30)29-21-23-37(24-22-29)32-18-20-36(39)34(26-32)31-14-7-4-8-15-31/h2-10,12-26H,1,11H2,(H-,38,39)/p+1/b16-9-,28-10+. The Kier molecular flexibility index (Phi) is 7.80. The molecule has 0 aliphatic heterocycles. The van der Waals surface area contributed by atoms with Crippen LogP contribution in [0.3, 0.4) is 0 Å². The van der Waals surface area contributed by atoms with Crippen LogP contribution in [0.25, 0.3) is 33.5 Å². The Hall–Kier alpha value is -5.15. The zero-order valence-electron chi connectivity index (χ0n) is 21.6. The van der Waals surface area contributed by atoms with E-state index in [1.165, 1.54) is 0 Å². The lowest BCUT2D eigenvalue weighted by Gasteiger charge is -2.07. The van der Waals surface area contributed by atoms with Crippen LogP contribution in [0.4, 0.5) is 0 Å². The maximum atomic E-state index is 10.4. The first-order valence-electron chi connectivity index (χ1n) is 12.9. The Morgan fingerprint density at radius 3 is 1.90 bits per heavy atom. The van der Waals surface area contributed by atoms with Crippen molar-refractivity contribution in [3.63, 3.8) is 0 Å². The van der Waals surface area contributed by atoms with Crippen molar-refractivity contribution in [3.8, 4) is 39.4 Å². The SMILES string of the molecule is C=C/C=C(\C=C/Cc1ccc(O)c(-c2ccccc2)c1)c1cc[n+](-c2ccc(O)c(-c3ccccc3)c2)cc1. The van der Waals surface area contributed by atoms with Crippen LogP contribution >= 0.6 is 0 Å². The van der Waals surface area contributed by atoms with Gasteiger partial charge in [-0.3, -0.25) is 0 Å². The number of phenolic OH excluding ortho intramolecular Hbond substituents is 2. The number of nitrogens with zero attached hydrogens (tertiary/aromatic N) is 1. The quantitative estimate of drug-likeness (QED) is 0.164. The normalized spacial score (nSPS) is 11.5. The average Bonchev–Trinajstić information content (AvgIpc) is 2.99. The number of aromatic hydroxyl groups is 2. The summed E-state index contributed by atoms with van der Waals surface area (Å²) in [7, 11) is 0. The summed E-state index contributed by atoms with van der Waals surface area (Å²) in [5.74, 6) is 0.538. The third-order valence-electron chi connectivity index (χ3n) is 6.62. The molecule has 190 valence electrons. The zero-order valence-corrected chi connectivity index (χ0v) is 21.6. The summed E-state index contributed by atoms with van der Waals surface area (Å²) in [6.45, 7) is 3.89. The predicted octanol–water partition coefficient (Wildman–Crippen LogP) is 8.08. The Morgan fingerprint density at radius 2 is 1.28 bits per heavy atom. The van der Waals surface area contributed by atoms with Gasteiger partial charge in [0.05, 0.1) is 0 Å². The number of phenols is 2. The van der Waals surface area contributed by atoms with Gasteiger partial charge in [-0.1, -0.05) is 97.6 Å². The lowest BCUT2D eigenvalue weighted by Crippen LogP contribution is -2.29. The summed E-state index contributed by atoms with van der Waals surface area (Å²) in [4.78, 5) is 0. The van der Waals surface area contributed by atoms with Gasteiger partial charge in [0.25, 0.3) is 0 Å². The second kappa shape index (κ2) is 11.9. The molecule has 0 spiro atoms. The van der Waals surface area contributed by atoms with Crippen LogP contribution in [0, 0.1) is 0 Å². The monoisotopic (exact) mass is 508 g/mol. The van der Waals surface area contributed by atoms with E-state index in [1.54, 1.807) is 18.2 Å². The molecular formula is C36H30NO2+. The first-order chi connectivity index (χ1) is 19.1. The number of benzene rings is 4. The van der Waals surface area contributed by atoms with Gasteiger partial charge in [0.2, 0.25) is 5.69 Å². The minimum Gasteiger partial charge on any atom is -0.507 e. The molecule has 1 heterocycles. The molecule has 0 unspecified atom stereocenters. The fraction of sp³-hybridized carbons (Fsp3) is 0.0278. The molecule has 0 fully saturated rings. The second-order valence-electron chi connectivity index (χ2n) is 9.24. The zero-order chi connectivity index (χ0) is 27.0. The summed E-state index contributed by atoms with van der Waals surface area (Å²) in [6.07, 6.45) is 12.8. The molecule has 3 heteroatoms. The lowest BCUT2D eigenvalue weighted by atomic mass is 10.00. The molecule has 0 amide bonds. The predicted molar refractivity (Wildman–Crippen MR) is 160 cm³/mol. The van der Waals surface area contributed by atoms with Crippen molar-refractivity contribution in [2.45, 2.75) is 6.42 Å². The van der Waals surface area contributed by atoms with Crippen LogP contribution in [0.1, 0.15) is 11.1 Å². The van der Waals surface area contributed by atoms with Crippen LogP contribution in [0.2, 0.25) is 0 Å². The van der Waals surface area contributed by atoms with Gasteiger partial charge in [0, 0.05) is 35.4 Å². The van der Waals surface area contributed by atoms with Gasteiger partial charge in [-0.2, -0.15) is 4.57 Å². The first-order valence-corrected chi connectivity index (χ1v) is 12.9. The Morgan fingerprint density at radius 1 is 0.692 bits per heavy atom.